The molecule has 0 heterocycles. The van der Waals surface area contributed by atoms with Gasteiger partial charge < -0.3 is 5.32 Å². The lowest BCUT2D eigenvalue weighted by Gasteiger charge is -2.01. The van der Waals surface area contributed by atoms with Crippen LogP contribution in [0.1, 0.15) is 51.0 Å². The van der Waals surface area contributed by atoms with Crippen molar-refractivity contribution in [3.63, 3.8) is 0 Å². The maximum absolute atomic E-state index is 11.6. The summed E-state index contributed by atoms with van der Waals surface area (Å²) < 4.78 is 0. The fraction of sp³-hybridized carbons (Fsp3) is 0.471. The quantitative estimate of drug-likeness (QED) is 0.522. The third-order valence-corrected chi connectivity index (χ3v) is 3.05. The van der Waals surface area contributed by atoms with Crippen molar-refractivity contribution in [2.45, 2.75) is 52.0 Å². The fourth-order valence-corrected chi connectivity index (χ4v) is 1.90. The number of carbonyl (C=O) groups is 1. The molecule has 1 aromatic carbocycles. The van der Waals surface area contributed by atoms with E-state index in [1.165, 1.54) is 32.1 Å². The number of hydrogen-bond donors (Lipinski definition) is 1. The first kappa shape index (κ1) is 15.5. The van der Waals surface area contributed by atoms with Crippen LogP contribution in [0.3, 0.4) is 0 Å². The smallest absolute Gasteiger partial charge is 0.243 e. The van der Waals surface area contributed by atoms with Crippen LogP contribution in [0.2, 0.25) is 0 Å². The van der Waals surface area contributed by atoms with Crippen LogP contribution in [-0.2, 0) is 11.3 Å². The zero-order valence-corrected chi connectivity index (χ0v) is 11.9. The summed E-state index contributed by atoms with van der Waals surface area (Å²) in [6.07, 6.45) is 11.0. The molecule has 0 aliphatic rings. The molecule has 1 rings (SSSR count). The van der Waals surface area contributed by atoms with Crippen molar-refractivity contribution in [3.05, 3.63) is 48.0 Å². The van der Waals surface area contributed by atoms with Gasteiger partial charge in [-0.15, -0.1) is 0 Å². The van der Waals surface area contributed by atoms with Gasteiger partial charge in [-0.3, -0.25) is 4.79 Å². The van der Waals surface area contributed by atoms with Crippen LogP contribution in [0.4, 0.5) is 0 Å². The van der Waals surface area contributed by atoms with Gasteiger partial charge in [0.2, 0.25) is 5.91 Å². The van der Waals surface area contributed by atoms with Gasteiger partial charge in [0.15, 0.2) is 0 Å². The summed E-state index contributed by atoms with van der Waals surface area (Å²) in [4.78, 5) is 11.6. The molecule has 0 aliphatic heterocycles. The molecule has 1 N–H and O–H groups in total. The van der Waals surface area contributed by atoms with E-state index >= 15 is 0 Å². The normalized spacial score (nSPS) is 10.8. The van der Waals surface area contributed by atoms with Crippen molar-refractivity contribution in [2.24, 2.45) is 0 Å². The number of carbonyl (C=O) groups excluding carboxylic acids is 1. The zero-order valence-electron chi connectivity index (χ0n) is 11.9. The minimum Gasteiger partial charge on any atom is -0.348 e. The standard InChI is InChI=1S/C17H25NO/c1-2-3-4-5-6-7-11-14-17(19)18-15-16-12-9-8-10-13-16/h8-14H,2-7,15H2,1H3,(H,18,19)/b14-11+. The van der Waals surface area contributed by atoms with Crippen LogP contribution in [0.5, 0.6) is 0 Å². The van der Waals surface area contributed by atoms with Crippen LogP contribution >= 0.6 is 0 Å². The van der Waals surface area contributed by atoms with Crippen LogP contribution < -0.4 is 5.32 Å². The van der Waals surface area contributed by atoms with E-state index in [-0.39, 0.29) is 5.91 Å². The lowest BCUT2D eigenvalue weighted by Crippen LogP contribution is -2.20. The van der Waals surface area contributed by atoms with E-state index < -0.39 is 0 Å². The Morgan fingerprint density at radius 2 is 1.84 bits per heavy atom. The average Bonchev–Trinajstić information content (AvgIpc) is 2.45. The molecular formula is C17H25NO. The molecule has 0 saturated heterocycles. The van der Waals surface area contributed by atoms with Gasteiger partial charge in [-0.1, -0.05) is 69.0 Å². The number of benzene rings is 1. The van der Waals surface area contributed by atoms with E-state index in [4.69, 9.17) is 0 Å². The highest BCUT2D eigenvalue weighted by molar-refractivity contribution is 5.87. The lowest BCUT2D eigenvalue weighted by atomic mass is 10.1. The second kappa shape index (κ2) is 10.4. The maximum atomic E-state index is 11.6. The highest BCUT2D eigenvalue weighted by Crippen LogP contribution is 2.05. The number of rotatable bonds is 9. The first-order chi connectivity index (χ1) is 9.33. The topological polar surface area (TPSA) is 29.1 Å². The minimum atomic E-state index is -0.00240. The molecular weight excluding hydrogens is 234 g/mol. The first-order valence-corrected chi connectivity index (χ1v) is 7.31. The molecule has 0 bridgehead atoms. The Morgan fingerprint density at radius 3 is 2.58 bits per heavy atom. The molecule has 1 amide bonds. The molecule has 0 fully saturated rings. The Morgan fingerprint density at radius 1 is 1.11 bits per heavy atom. The number of unbranched alkanes of at least 4 members (excludes halogenated alkanes) is 5. The summed E-state index contributed by atoms with van der Waals surface area (Å²) in [6.45, 7) is 2.82. The Hall–Kier alpha value is -1.57. The number of nitrogens with one attached hydrogen (secondary N) is 1. The van der Waals surface area contributed by atoms with E-state index in [9.17, 15) is 4.79 Å². The number of hydrogen-bond acceptors (Lipinski definition) is 1. The van der Waals surface area contributed by atoms with E-state index in [2.05, 4.69) is 12.2 Å². The van der Waals surface area contributed by atoms with Crippen molar-refractivity contribution in [2.75, 3.05) is 0 Å². The Balaban J connectivity index is 2.07. The Bertz CT molecular complexity index is 370. The lowest BCUT2D eigenvalue weighted by molar-refractivity contribution is -0.116. The summed E-state index contributed by atoms with van der Waals surface area (Å²) in [5, 5.41) is 2.88. The largest absolute Gasteiger partial charge is 0.348 e. The third-order valence-electron chi connectivity index (χ3n) is 3.05. The highest BCUT2D eigenvalue weighted by Gasteiger charge is 1.95. The molecule has 0 aliphatic carbocycles. The molecule has 0 unspecified atom stereocenters. The Kier molecular flexibility index (Phi) is 8.45. The molecule has 0 atom stereocenters. The van der Waals surface area contributed by atoms with Gasteiger partial charge in [-0.25, -0.2) is 0 Å². The predicted molar refractivity (Wildman–Crippen MR) is 80.8 cm³/mol. The fourth-order valence-electron chi connectivity index (χ4n) is 1.90. The summed E-state index contributed by atoms with van der Waals surface area (Å²) in [5.74, 6) is -0.00240. The second-order valence-electron chi connectivity index (χ2n) is 4.81. The van der Waals surface area contributed by atoms with Crippen molar-refractivity contribution >= 4 is 5.91 Å². The van der Waals surface area contributed by atoms with Gasteiger partial charge in [0.1, 0.15) is 0 Å². The SMILES string of the molecule is CCCCCCC/C=C/C(=O)NCc1ccccc1. The molecule has 2 heteroatoms. The molecule has 0 radical (unpaired) electrons. The molecule has 104 valence electrons. The van der Waals surface area contributed by atoms with Crippen LogP contribution in [0, 0.1) is 0 Å². The molecule has 19 heavy (non-hydrogen) atoms. The summed E-state index contributed by atoms with van der Waals surface area (Å²) in [6, 6.07) is 9.96. The van der Waals surface area contributed by atoms with Gasteiger partial charge >= 0.3 is 0 Å². The third kappa shape index (κ3) is 8.20. The molecule has 0 saturated carbocycles. The van der Waals surface area contributed by atoms with Gasteiger partial charge in [0.25, 0.3) is 0 Å². The van der Waals surface area contributed by atoms with Crippen molar-refractivity contribution in [3.8, 4) is 0 Å². The van der Waals surface area contributed by atoms with Gasteiger partial charge in [-0.2, -0.15) is 0 Å². The van der Waals surface area contributed by atoms with Crippen molar-refractivity contribution in [1.82, 2.24) is 5.32 Å². The van der Waals surface area contributed by atoms with E-state index in [0.29, 0.717) is 6.54 Å². The number of allylic oxidation sites excluding steroid dienone is 1. The maximum Gasteiger partial charge on any atom is 0.243 e. The number of amides is 1. The van der Waals surface area contributed by atoms with Gasteiger partial charge in [0, 0.05) is 6.54 Å². The minimum absolute atomic E-state index is 0.00240. The zero-order chi connectivity index (χ0) is 13.8. The summed E-state index contributed by atoms with van der Waals surface area (Å²) in [7, 11) is 0. The average molecular weight is 259 g/mol. The van der Waals surface area contributed by atoms with Crippen LogP contribution in [0.25, 0.3) is 0 Å². The van der Waals surface area contributed by atoms with Crippen LogP contribution in [-0.4, -0.2) is 5.91 Å². The van der Waals surface area contributed by atoms with Crippen molar-refractivity contribution < 1.29 is 4.79 Å². The molecule has 1 aromatic rings. The monoisotopic (exact) mass is 259 g/mol. The Labute approximate surface area is 116 Å². The van der Waals surface area contributed by atoms with Crippen LogP contribution in [0.15, 0.2) is 42.5 Å². The first-order valence-electron chi connectivity index (χ1n) is 7.31. The predicted octanol–water partition coefficient (Wildman–Crippen LogP) is 4.22. The van der Waals surface area contributed by atoms with Gasteiger partial charge in [-0.05, 0) is 24.5 Å². The van der Waals surface area contributed by atoms with E-state index in [1.54, 1.807) is 6.08 Å². The van der Waals surface area contributed by atoms with E-state index in [0.717, 1.165) is 12.0 Å². The van der Waals surface area contributed by atoms with Crippen molar-refractivity contribution in [1.29, 1.82) is 0 Å². The molecule has 0 spiro atoms. The summed E-state index contributed by atoms with van der Waals surface area (Å²) >= 11 is 0. The molecule has 2 nitrogen and oxygen atoms in total. The van der Waals surface area contributed by atoms with E-state index in [1.807, 2.05) is 36.4 Å². The summed E-state index contributed by atoms with van der Waals surface area (Å²) in [5.41, 5.74) is 1.13. The van der Waals surface area contributed by atoms with Gasteiger partial charge in [0.05, 0.1) is 0 Å². The second-order valence-corrected chi connectivity index (χ2v) is 4.81. The molecule has 0 aromatic heterocycles. The highest BCUT2D eigenvalue weighted by atomic mass is 16.1.